The van der Waals surface area contributed by atoms with Gasteiger partial charge in [-0.15, -0.1) is 0 Å². The van der Waals surface area contributed by atoms with Crippen LogP contribution in [0, 0.1) is 0 Å². The molecule has 0 radical (unpaired) electrons. The average molecular weight is 303 g/mol. The van der Waals surface area contributed by atoms with Crippen LogP contribution in [0.3, 0.4) is 0 Å². The van der Waals surface area contributed by atoms with Gasteiger partial charge in [-0.25, -0.2) is 0 Å². The maximum absolute atomic E-state index is 6.04. The van der Waals surface area contributed by atoms with E-state index in [1.54, 1.807) is 18.2 Å². The van der Waals surface area contributed by atoms with Gasteiger partial charge in [0.05, 0.1) is 16.2 Å². The second-order valence-electron chi connectivity index (χ2n) is 5.57. The van der Waals surface area contributed by atoms with Crippen molar-refractivity contribution in [1.82, 2.24) is 0 Å². The van der Waals surface area contributed by atoms with Gasteiger partial charge in [0.15, 0.2) is 0 Å². The lowest BCUT2D eigenvalue weighted by Gasteiger charge is -2.32. The van der Waals surface area contributed by atoms with E-state index in [0.717, 1.165) is 0 Å². The Morgan fingerprint density at radius 3 is 2.21 bits per heavy atom. The van der Waals surface area contributed by atoms with E-state index in [4.69, 9.17) is 37.2 Å². The molecule has 19 heavy (non-hydrogen) atoms. The average Bonchev–Trinajstić information content (AvgIpc) is 2.46. The van der Waals surface area contributed by atoms with Crippen LogP contribution >= 0.6 is 23.2 Å². The Morgan fingerprint density at radius 1 is 1.11 bits per heavy atom. The topological polar surface area (TPSA) is 27.7 Å². The van der Waals surface area contributed by atoms with Crippen molar-refractivity contribution < 1.29 is 14.0 Å². The van der Waals surface area contributed by atoms with Gasteiger partial charge in [-0.3, -0.25) is 0 Å². The summed E-state index contributed by atoms with van der Waals surface area (Å²) >= 11 is 11.9. The summed E-state index contributed by atoms with van der Waals surface area (Å²) in [5.74, 6) is 0.570. The predicted molar refractivity (Wildman–Crippen MR) is 78.0 cm³/mol. The maximum Gasteiger partial charge on any atom is 0.498 e. The van der Waals surface area contributed by atoms with Crippen LogP contribution in [-0.2, 0) is 9.31 Å². The third-order valence-corrected chi connectivity index (χ3v) is 4.10. The largest absolute Gasteiger partial charge is 0.498 e. The van der Waals surface area contributed by atoms with Crippen molar-refractivity contribution in [3.63, 3.8) is 0 Å². The summed E-state index contributed by atoms with van der Waals surface area (Å²) in [6.45, 7) is 8.29. The Balaban J connectivity index is 1.97. The Labute approximate surface area is 124 Å². The van der Waals surface area contributed by atoms with E-state index in [1.807, 2.05) is 27.7 Å². The second kappa shape index (κ2) is 5.17. The molecular weight excluding hydrogens is 286 g/mol. The number of halogens is 2. The molecule has 1 aromatic rings. The Morgan fingerprint density at radius 2 is 1.68 bits per heavy atom. The molecule has 0 N–H and O–H groups in total. The van der Waals surface area contributed by atoms with Crippen LogP contribution in [0.2, 0.25) is 10.0 Å². The standard InChI is InChI=1S/C13H17BCl2O3/c1-12(2)13(3,4)19-14(18-12)8-17-11-6-5-9(15)7-10(11)16/h5-7H,8H2,1-4H3. The van der Waals surface area contributed by atoms with Gasteiger partial charge in [-0.05, 0) is 45.9 Å². The van der Waals surface area contributed by atoms with Crippen molar-refractivity contribution in [2.24, 2.45) is 0 Å². The smallest absolute Gasteiger partial charge is 0.494 e. The molecule has 0 unspecified atom stereocenters. The highest BCUT2D eigenvalue weighted by Gasteiger charge is 2.51. The van der Waals surface area contributed by atoms with E-state index < -0.39 is 7.12 Å². The van der Waals surface area contributed by atoms with E-state index >= 15 is 0 Å². The summed E-state index contributed by atoms with van der Waals surface area (Å²) in [7, 11) is -0.406. The highest BCUT2D eigenvalue weighted by molar-refractivity contribution is 6.45. The quantitative estimate of drug-likeness (QED) is 0.790. The Hall–Kier alpha value is -0.415. The van der Waals surface area contributed by atoms with E-state index in [1.165, 1.54) is 0 Å². The first-order valence-corrected chi connectivity index (χ1v) is 6.90. The molecule has 0 aliphatic carbocycles. The minimum atomic E-state index is -0.406. The molecule has 0 aromatic heterocycles. The molecule has 1 aliphatic rings. The molecule has 2 rings (SSSR count). The molecular formula is C13H17BCl2O3. The molecule has 0 saturated carbocycles. The molecule has 1 fully saturated rings. The van der Waals surface area contributed by atoms with Crippen LogP contribution in [0.4, 0.5) is 0 Å². The van der Waals surface area contributed by atoms with Crippen LogP contribution in [0.1, 0.15) is 27.7 Å². The summed E-state index contributed by atoms with van der Waals surface area (Å²) < 4.78 is 17.3. The Bertz CT molecular complexity index is 461. The third kappa shape index (κ3) is 3.19. The molecule has 3 nitrogen and oxygen atoms in total. The zero-order valence-corrected chi connectivity index (χ0v) is 13.0. The van der Waals surface area contributed by atoms with E-state index in [9.17, 15) is 0 Å². The van der Waals surface area contributed by atoms with Crippen LogP contribution in [0.15, 0.2) is 18.2 Å². The van der Waals surface area contributed by atoms with Gasteiger partial charge < -0.3 is 14.0 Å². The fourth-order valence-electron chi connectivity index (χ4n) is 1.78. The molecule has 0 bridgehead atoms. The molecule has 0 spiro atoms. The summed E-state index contributed by atoms with van der Waals surface area (Å²) in [4.78, 5) is 0. The van der Waals surface area contributed by atoms with Crippen molar-refractivity contribution in [2.45, 2.75) is 38.9 Å². The number of hydrogen-bond acceptors (Lipinski definition) is 3. The van der Waals surface area contributed by atoms with Gasteiger partial charge in [0.2, 0.25) is 0 Å². The lowest BCUT2D eigenvalue weighted by atomic mass is 9.90. The van der Waals surface area contributed by atoms with Gasteiger partial charge in [-0.2, -0.15) is 0 Å². The van der Waals surface area contributed by atoms with E-state index in [2.05, 4.69) is 0 Å². The SMILES string of the molecule is CC1(C)OB(COc2ccc(Cl)cc2Cl)OC1(C)C. The lowest BCUT2D eigenvalue weighted by molar-refractivity contribution is 0.00578. The minimum absolute atomic E-state index is 0.286. The normalized spacial score (nSPS) is 20.6. The molecule has 6 heteroatoms. The molecule has 1 heterocycles. The maximum atomic E-state index is 6.04. The number of hydrogen-bond donors (Lipinski definition) is 0. The lowest BCUT2D eigenvalue weighted by Crippen LogP contribution is -2.41. The summed E-state index contributed by atoms with van der Waals surface area (Å²) in [5.41, 5.74) is -0.713. The Kier molecular flexibility index (Phi) is 4.08. The second-order valence-corrected chi connectivity index (χ2v) is 6.42. The van der Waals surface area contributed by atoms with E-state index in [-0.39, 0.29) is 17.7 Å². The van der Waals surface area contributed by atoms with Crippen LogP contribution in [-0.4, -0.2) is 24.8 Å². The first kappa shape index (κ1) is 15.0. The zero-order valence-electron chi connectivity index (χ0n) is 11.5. The van der Waals surface area contributed by atoms with Crippen LogP contribution in [0.5, 0.6) is 5.75 Å². The van der Waals surface area contributed by atoms with Gasteiger partial charge in [-0.1, -0.05) is 23.2 Å². The van der Waals surface area contributed by atoms with Crippen LogP contribution in [0.25, 0.3) is 0 Å². The van der Waals surface area contributed by atoms with Gasteiger partial charge in [0.25, 0.3) is 0 Å². The number of ether oxygens (including phenoxy) is 1. The molecule has 1 aromatic carbocycles. The minimum Gasteiger partial charge on any atom is -0.494 e. The molecule has 1 saturated heterocycles. The van der Waals surface area contributed by atoms with Gasteiger partial charge >= 0.3 is 7.12 Å². The fraction of sp³-hybridized carbons (Fsp3) is 0.538. The first-order chi connectivity index (χ1) is 8.71. The molecule has 0 amide bonds. The van der Waals surface area contributed by atoms with Crippen molar-refractivity contribution >= 4 is 30.3 Å². The van der Waals surface area contributed by atoms with Crippen molar-refractivity contribution in [1.29, 1.82) is 0 Å². The van der Waals surface area contributed by atoms with Crippen LogP contribution < -0.4 is 4.74 Å². The number of benzene rings is 1. The summed E-state index contributed by atoms with van der Waals surface area (Å²) in [5, 5.41) is 1.05. The predicted octanol–water partition coefficient (Wildman–Crippen LogP) is 4.00. The third-order valence-electron chi connectivity index (χ3n) is 3.57. The highest BCUT2D eigenvalue weighted by atomic mass is 35.5. The monoisotopic (exact) mass is 302 g/mol. The highest BCUT2D eigenvalue weighted by Crippen LogP contribution is 2.37. The van der Waals surface area contributed by atoms with Crippen molar-refractivity contribution in [3.05, 3.63) is 28.2 Å². The van der Waals surface area contributed by atoms with Gasteiger partial charge in [0.1, 0.15) is 12.3 Å². The van der Waals surface area contributed by atoms with E-state index in [0.29, 0.717) is 15.8 Å². The van der Waals surface area contributed by atoms with Crippen molar-refractivity contribution in [2.75, 3.05) is 6.51 Å². The van der Waals surface area contributed by atoms with Crippen molar-refractivity contribution in [3.8, 4) is 5.75 Å². The molecule has 1 aliphatic heterocycles. The fourth-order valence-corrected chi connectivity index (χ4v) is 2.25. The number of rotatable bonds is 3. The summed E-state index contributed by atoms with van der Waals surface area (Å²) in [6.07, 6.45) is 0. The molecule has 104 valence electrons. The summed E-state index contributed by atoms with van der Waals surface area (Å²) in [6, 6.07) is 5.10. The molecule has 0 atom stereocenters. The zero-order chi connectivity index (χ0) is 14.3. The first-order valence-electron chi connectivity index (χ1n) is 6.15. The van der Waals surface area contributed by atoms with Gasteiger partial charge in [0, 0.05) is 5.02 Å².